The number of halogens is 3. The van der Waals surface area contributed by atoms with Crippen LogP contribution in [0.15, 0.2) is 66.7 Å². The van der Waals surface area contributed by atoms with Crippen LogP contribution in [0.25, 0.3) is 11.0 Å². The lowest BCUT2D eigenvalue weighted by atomic mass is 10.1. The molecule has 3 aromatic carbocycles. The number of ether oxygens (including phenoxy) is 1. The molecule has 1 aromatic heterocycles. The minimum atomic E-state index is -4.39. The molecule has 1 heterocycles. The Morgan fingerprint density at radius 2 is 1.81 bits per heavy atom. The van der Waals surface area contributed by atoms with E-state index in [9.17, 15) is 18.0 Å². The van der Waals surface area contributed by atoms with E-state index in [0.29, 0.717) is 23.7 Å². The van der Waals surface area contributed by atoms with Gasteiger partial charge in [-0.25, -0.2) is 9.78 Å². The molecule has 0 fully saturated rings. The number of rotatable bonds is 6. The summed E-state index contributed by atoms with van der Waals surface area (Å²) in [5.74, 6) is -0.0964. The van der Waals surface area contributed by atoms with Gasteiger partial charge >= 0.3 is 12.1 Å². The maximum absolute atomic E-state index is 12.9. The first-order valence-corrected chi connectivity index (χ1v) is 9.79. The fourth-order valence-corrected chi connectivity index (χ4v) is 3.42. The number of alkyl halides is 3. The van der Waals surface area contributed by atoms with Crippen molar-refractivity contribution < 1.29 is 27.8 Å². The van der Waals surface area contributed by atoms with Crippen molar-refractivity contribution in [3.05, 3.63) is 94.8 Å². The molecule has 0 unspecified atom stereocenters. The van der Waals surface area contributed by atoms with Crippen molar-refractivity contribution in [1.29, 1.82) is 0 Å². The van der Waals surface area contributed by atoms with Gasteiger partial charge in [0, 0.05) is 6.54 Å². The Morgan fingerprint density at radius 3 is 2.50 bits per heavy atom. The molecule has 4 rings (SSSR count). The van der Waals surface area contributed by atoms with Gasteiger partial charge in [0.25, 0.3) is 0 Å². The van der Waals surface area contributed by atoms with Gasteiger partial charge in [-0.05, 0) is 60.5 Å². The minimum absolute atomic E-state index is 0.0669. The van der Waals surface area contributed by atoms with E-state index in [2.05, 4.69) is 4.98 Å². The fraction of sp³-hybridized carbons (Fsp3) is 0.167. The van der Waals surface area contributed by atoms with Gasteiger partial charge in [-0.2, -0.15) is 13.2 Å². The average Bonchev–Trinajstić information content (AvgIpc) is 3.08. The number of aromatic carboxylic acids is 1. The standard InChI is InChI=1S/C24H19F3N2O3/c1-15-5-10-21-20(11-15)28-22(14-32-19-4-2-3-17(12-19)23(30)31)29(21)13-16-6-8-18(9-7-16)24(25,26)27/h2-12H,13-14H2,1H3,(H,30,31). The summed E-state index contributed by atoms with van der Waals surface area (Å²) in [7, 11) is 0. The summed E-state index contributed by atoms with van der Waals surface area (Å²) in [6.45, 7) is 2.32. The van der Waals surface area contributed by atoms with Crippen LogP contribution in [0, 0.1) is 6.92 Å². The van der Waals surface area contributed by atoms with Gasteiger partial charge in [0.15, 0.2) is 0 Å². The predicted molar refractivity (Wildman–Crippen MR) is 113 cm³/mol. The maximum Gasteiger partial charge on any atom is 0.416 e. The Morgan fingerprint density at radius 1 is 1.06 bits per heavy atom. The summed E-state index contributed by atoms with van der Waals surface area (Å²) in [5, 5.41) is 9.15. The van der Waals surface area contributed by atoms with Gasteiger partial charge in [0.2, 0.25) is 0 Å². The van der Waals surface area contributed by atoms with Gasteiger partial charge in [-0.15, -0.1) is 0 Å². The monoisotopic (exact) mass is 440 g/mol. The number of imidazole rings is 1. The first-order valence-electron chi connectivity index (χ1n) is 9.79. The molecule has 0 bridgehead atoms. The number of aryl methyl sites for hydroxylation is 1. The zero-order valence-electron chi connectivity index (χ0n) is 17.1. The van der Waals surface area contributed by atoms with Gasteiger partial charge in [0.1, 0.15) is 18.2 Å². The SMILES string of the molecule is Cc1ccc2c(c1)nc(COc1cccc(C(=O)O)c1)n2Cc1ccc(C(F)(F)F)cc1. The molecule has 0 amide bonds. The molecule has 0 spiro atoms. The first kappa shape index (κ1) is 21.4. The highest BCUT2D eigenvalue weighted by Gasteiger charge is 2.30. The van der Waals surface area contributed by atoms with Crippen molar-refractivity contribution >= 4 is 17.0 Å². The molecule has 8 heteroatoms. The Labute approximate surface area is 181 Å². The van der Waals surface area contributed by atoms with Crippen LogP contribution in [0.4, 0.5) is 13.2 Å². The van der Waals surface area contributed by atoms with Crippen LogP contribution >= 0.6 is 0 Å². The summed E-state index contributed by atoms with van der Waals surface area (Å²) in [4.78, 5) is 15.8. The van der Waals surface area contributed by atoms with E-state index in [0.717, 1.165) is 28.7 Å². The number of hydrogen-bond acceptors (Lipinski definition) is 3. The van der Waals surface area contributed by atoms with Crippen molar-refractivity contribution in [2.45, 2.75) is 26.3 Å². The Hall–Kier alpha value is -3.81. The molecule has 0 aliphatic rings. The number of fused-ring (bicyclic) bond motifs is 1. The highest BCUT2D eigenvalue weighted by Crippen LogP contribution is 2.29. The predicted octanol–water partition coefficient (Wildman–Crippen LogP) is 5.69. The van der Waals surface area contributed by atoms with Crippen LogP contribution in [0.2, 0.25) is 0 Å². The summed E-state index contributed by atoms with van der Waals surface area (Å²) in [6.07, 6.45) is -4.39. The molecule has 0 saturated carbocycles. The highest BCUT2D eigenvalue weighted by molar-refractivity contribution is 5.88. The van der Waals surface area contributed by atoms with E-state index in [1.54, 1.807) is 12.1 Å². The lowest BCUT2D eigenvalue weighted by molar-refractivity contribution is -0.137. The van der Waals surface area contributed by atoms with E-state index >= 15 is 0 Å². The van der Waals surface area contributed by atoms with Crippen molar-refractivity contribution in [3.8, 4) is 5.75 Å². The number of carboxylic acids is 1. The molecule has 0 saturated heterocycles. The zero-order valence-corrected chi connectivity index (χ0v) is 17.1. The van der Waals surface area contributed by atoms with Crippen LogP contribution < -0.4 is 4.74 Å². The van der Waals surface area contributed by atoms with Crippen LogP contribution in [-0.2, 0) is 19.3 Å². The number of aromatic nitrogens is 2. The van der Waals surface area contributed by atoms with E-state index in [4.69, 9.17) is 9.84 Å². The minimum Gasteiger partial charge on any atom is -0.486 e. The topological polar surface area (TPSA) is 64.3 Å². The molecule has 0 aliphatic heterocycles. The number of nitrogens with zero attached hydrogens (tertiary/aromatic N) is 2. The van der Waals surface area contributed by atoms with E-state index in [-0.39, 0.29) is 12.2 Å². The second kappa shape index (κ2) is 8.37. The molecular formula is C24H19F3N2O3. The van der Waals surface area contributed by atoms with Crippen LogP contribution in [0.3, 0.4) is 0 Å². The number of carbonyl (C=O) groups is 1. The van der Waals surface area contributed by atoms with E-state index < -0.39 is 17.7 Å². The van der Waals surface area contributed by atoms with Crippen molar-refractivity contribution in [2.75, 3.05) is 0 Å². The molecule has 4 aromatic rings. The van der Waals surface area contributed by atoms with Crippen LogP contribution in [-0.4, -0.2) is 20.6 Å². The summed E-state index contributed by atoms with van der Waals surface area (Å²) in [5.41, 5.74) is 2.69. The van der Waals surface area contributed by atoms with Gasteiger partial charge in [0.05, 0.1) is 22.2 Å². The largest absolute Gasteiger partial charge is 0.486 e. The normalized spacial score (nSPS) is 11.6. The number of carboxylic acid groups (broad SMARTS) is 1. The molecule has 0 atom stereocenters. The summed E-state index contributed by atoms with van der Waals surface area (Å²) in [6, 6.07) is 16.9. The fourth-order valence-electron chi connectivity index (χ4n) is 3.42. The number of hydrogen-bond donors (Lipinski definition) is 1. The second-order valence-corrected chi connectivity index (χ2v) is 7.42. The van der Waals surface area contributed by atoms with Gasteiger partial charge in [-0.3, -0.25) is 0 Å². The van der Waals surface area contributed by atoms with E-state index in [1.807, 2.05) is 29.7 Å². The Balaban J connectivity index is 1.64. The molecule has 5 nitrogen and oxygen atoms in total. The van der Waals surface area contributed by atoms with Crippen molar-refractivity contribution in [1.82, 2.24) is 9.55 Å². The lowest BCUT2D eigenvalue weighted by Gasteiger charge is -2.12. The third kappa shape index (κ3) is 4.59. The van der Waals surface area contributed by atoms with Gasteiger partial charge in [-0.1, -0.05) is 24.3 Å². The highest BCUT2D eigenvalue weighted by atomic mass is 19.4. The molecule has 1 N–H and O–H groups in total. The summed E-state index contributed by atoms with van der Waals surface area (Å²) >= 11 is 0. The van der Waals surface area contributed by atoms with Gasteiger partial charge < -0.3 is 14.4 Å². The van der Waals surface area contributed by atoms with E-state index in [1.165, 1.54) is 24.3 Å². The third-order valence-electron chi connectivity index (χ3n) is 5.05. The zero-order chi connectivity index (χ0) is 22.9. The second-order valence-electron chi connectivity index (χ2n) is 7.42. The Bertz CT molecular complexity index is 1280. The third-order valence-corrected chi connectivity index (χ3v) is 5.05. The quantitative estimate of drug-likeness (QED) is 0.418. The van der Waals surface area contributed by atoms with Crippen molar-refractivity contribution in [2.24, 2.45) is 0 Å². The molecule has 0 radical (unpaired) electrons. The van der Waals surface area contributed by atoms with Crippen molar-refractivity contribution in [3.63, 3.8) is 0 Å². The van der Waals surface area contributed by atoms with Crippen LogP contribution in [0.1, 0.15) is 32.9 Å². The molecule has 0 aliphatic carbocycles. The summed E-state index contributed by atoms with van der Waals surface area (Å²) < 4.78 is 46.3. The number of benzene rings is 3. The Kier molecular flexibility index (Phi) is 5.61. The molecule has 164 valence electrons. The van der Waals surface area contributed by atoms with Crippen LogP contribution in [0.5, 0.6) is 5.75 Å². The smallest absolute Gasteiger partial charge is 0.416 e. The average molecular weight is 440 g/mol. The lowest BCUT2D eigenvalue weighted by Crippen LogP contribution is -2.09. The molecular weight excluding hydrogens is 421 g/mol. The molecule has 32 heavy (non-hydrogen) atoms. The maximum atomic E-state index is 12.9. The first-order chi connectivity index (χ1) is 15.2.